The molecule has 1 unspecified atom stereocenters. The fourth-order valence-electron chi connectivity index (χ4n) is 3.04. The predicted molar refractivity (Wildman–Crippen MR) is 102 cm³/mol. The first kappa shape index (κ1) is 16.5. The number of hydrogen-bond donors (Lipinski definition) is 2. The van der Waals surface area contributed by atoms with Gasteiger partial charge in [0.1, 0.15) is 17.3 Å². The molecule has 0 amide bonds. The third-order valence-corrected chi connectivity index (χ3v) is 5.59. The molecular formula is C19H17N3O3S. The third-order valence-electron chi connectivity index (χ3n) is 4.32. The minimum absolute atomic E-state index is 0.0709. The molecule has 0 fully saturated rings. The van der Waals surface area contributed by atoms with Gasteiger partial charge in [-0.3, -0.25) is 4.79 Å². The topological polar surface area (TPSA) is 104 Å². The summed E-state index contributed by atoms with van der Waals surface area (Å²) in [6.07, 6.45) is 2.28. The van der Waals surface area contributed by atoms with Gasteiger partial charge in [-0.25, -0.2) is 0 Å². The Labute approximate surface area is 154 Å². The number of fused-ring (bicyclic) bond motifs is 2. The molecule has 2 aromatic heterocycles. The molecule has 0 aliphatic carbocycles. The standard InChI is InChI=1S/C19H17N3O3S/c1-10-4-5-14-12(7-10)17(26-9-11-3-2-6-24-11)15-16(20)13(8-23)18(21)22-19(15)25-14/h2-8,17H,9H2,1H3,(H4,20,21,22). The number of rotatable bonds is 4. The number of aromatic nitrogens is 1. The maximum absolute atomic E-state index is 11.4. The van der Waals surface area contributed by atoms with Crippen LogP contribution in [0, 0.1) is 6.92 Å². The number of nitrogen functional groups attached to an aromatic ring is 2. The molecule has 4 rings (SSSR count). The Morgan fingerprint density at radius 1 is 1.31 bits per heavy atom. The smallest absolute Gasteiger partial charge is 0.228 e. The Hall–Kier alpha value is -2.93. The number of nitrogens with two attached hydrogens (primary N) is 2. The first-order chi connectivity index (χ1) is 12.6. The highest BCUT2D eigenvalue weighted by Crippen LogP contribution is 2.52. The SMILES string of the molecule is Cc1ccc2c(c1)C(SCc1ccco1)c1c(nc(N)c(C=O)c1N)O2. The summed E-state index contributed by atoms with van der Waals surface area (Å²) in [7, 11) is 0. The van der Waals surface area contributed by atoms with Crippen LogP contribution in [0.25, 0.3) is 0 Å². The van der Waals surface area contributed by atoms with Gasteiger partial charge >= 0.3 is 0 Å². The van der Waals surface area contributed by atoms with Crippen molar-refractivity contribution in [1.82, 2.24) is 4.98 Å². The van der Waals surface area contributed by atoms with Crippen molar-refractivity contribution in [3.8, 4) is 11.6 Å². The number of ether oxygens (including phenoxy) is 1. The quantitative estimate of drug-likeness (QED) is 0.669. The molecule has 1 aliphatic rings. The zero-order chi connectivity index (χ0) is 18.3. The van der Waals surface area contributed by atoms with E-state index in [-0.39, 0.29) is 16.6 Å². The molecule has 4 N–H and O–H groups in total. The van der Waals surface area contributed by atoms with Crippen LogP contribution in [0.3, 0.4) is 0 Å². The molecule has 7 heteroatoms. The molecule has 0 bridgehead atoms. The number of aryl methyl sites for hydroxylation is 1. The first-order valence-corrected chi connectivity index (χ1v) is 9.09. The molecule has 0 radical (unpaired) electrons. The highest BCUT2D eigenvalue weighted by molar-refractivity contribution is 7.99. The van der Waals surface area contributed by atoms with Gasteiger partial charge in [-0.1, -0.05) is 17.7 Å². The summed E-state index contributed by atoms with van der Waals surface area (Å²) in [4.78, 5) is 15.7. The highest BCUT2D eigenvalue weighted by atomic mass is 32.2. The molecule has 1 atom stereocenters. The molecule has 0 spiro atoms. The lowest BCUT2D eigenvalue weighted by molar-refractivity contribution is 0.112. The van der Waals surface area contributed by atoms with Crippen LogP contribution < -0.4 is 16.2 Å². The zero-order valence-electron chi connectivity index (χ0n) is 14.1. The number of nitrogens with zero attached hydrogens (tertiary/aromatic N) is 1. The van der Waals surface area contributed by atoms with Crippen molar-refractivity contribution >= 4 is 29.6 Å². The summed E-state index contributed by atoms with van der Waals surface area (Å²) in [6.45, 7) is 2.02. The molecule has 0 saturated heterocycles. The normalized spacial score (nSPS) is 15.0. The highest BCUT2D eigenvalue weighted by Gasteiger charge is 2.33. The summed E-state index contributed by atoms with van der Waals surface area (Å²) in [6, 6.07) is 9.73. The molecule has 1 aliphatic heterocycles. The van der Waals surface area contributed by atoms with Crippen LogP contribution in [0.4, 0.5) is 11.5 Å². The molecule has 1 aromatic carbocycles. The Morgan fingerprint density at radius 2 is 2.15 bits per heavy atom. The Kier molecular flexibility index (Phi) is 4.08. The number of thioether (sulfide) groups is 1. The van der Waals surface area contributed by atoms with Gasteiger partial charge in [0.2, 0.25) is 5.88 Å². The number of carbonyl (C=O) groups excluding carboxylic acids is 1. The van der Waals surface area contributed by atoms with Crippen molar-refractivity contribution in [2.75, 3.05) is 11.5 Å². The lowest BCUT2D eigenvalue weighted by Crippen LogP contribution is -2.15. The Balaban J connectivity index is 1.85. The lowest BCUT2D eigenvalue weighted by atomic mass is 9.97. The summed E-state index contributed by atoms with van der Waals surface area (Å²) in [5.41, 5.74) is 15.4. The van der Waals surface area contributed by atoms with Gasteiger partial charge in [0, 0.05) is 5.56 Å². The van der Waals surface area contributed by atoms with Gasteiger partial charge in [-0.05, 0) is 25.1 Å². The number of benzene rings is 1. The maximum Gasteiger partial charge on any atom is 0.228 e. The van der Waals surface area contributed by atoms with Crippen LogP contribution in [0.1, 0.15) is 38.1 Å². The number of pyridine rings is 1. The van der Waals surface area contributed by atoms with Crippen LogP contribution in [-0.2, 0) is 5.75 Å². The third kappa shape index (κ3) is 2.70. The molecular weight excluding hydrogens is 350 g/mol. The second kappa shape index (κ2) is 6.42. The van der Waals surface area contributed by atoms with Gasteiger partial charge < -0.3 is 20.6 Å². The fourth-order valence-corrected chi connectivity index (χ4v) is 4.30. The van der Waals surface area contributed by atoms with Gasteiger partial charge in [-0.15, -0.1) is 11.8 Å². The average molecular weight is 367 g/mol. The second-order valence-corrected chi connectivity index (χ2v) is 7.17. The maximum atomic E-state index is 11.4. The molecule has 26 heavy (non-hydrogen) atoms. The number of furan rings is 1. The number of aldehydes is 1. The van der Waals surface area contributed by atoms with Crippen LogP contribution in [0.15, 0.2) is 41.0 Å². The van der Waals surface area contributed by atoms with Crippen molar-refractivity contribution in [3.05, 3.63) is 64.6 Å². The van der Waals surface area contributed by atoms with Crippen molar-refractivity contribution in [1.29, 1.82) is 0 Å². The van der Waals surface area contributed by atoms with E-state index in [1.165, 1.54) is 0 Å². The largest absolute Gasteiger partial charge is 0.468 e. The van der Waals surface area contributed by atoms with Gasteiger partial charge in [0.25, 0.3) is 0 Å². The number of carbonyl (C=O) groups is 1. The van der Waals surface area contributed by atoms with Crippen molar-refractivity contribution in [2.24, 2.45) is 0 Å². The van der Waals surface area contributed by atoms with Gasteiger partial charge in [0.05, 0.1) is 34.1 Å². The van der Waals surface area contributed by atoms with Crippen molar-refractivity contribution in [2.45, 2.75) is 17.9 Å². The Bertz CT molecular complexity index is 986. The summed E-state index contributed by atoms with van der Waals surface area (Å²) >= 11 is 1.64. The van der Waals surface area contributed by atoms with Crippen molar-refractivity contribution < 1.29 is 13.9 Å². The van der Waals surface area contributed by atoms with E-state index in [9.17, 15) is 4.79 Å². The van der Waals surface area contributed by atoms with E-state index in [0.717, 1.165) is 16.9 Å². The lowest BCUT2D eigenvalue weighted by Gasteiger charge is -2.29. The van der Waals surface area contributed by atoms with Crippen LogP contribution in [0.2, 0.25) is 0 Å². The average Bonchev–Trinajstić information content (AvgIpc) is 3.13. The Morgan fingerprint density at radius 3 is 2.88 bits per heavy atom. The van der Waals surface area contributed by atoms with E-state index >= 15 is 0 Å². The summed E-state index contributed by atoms with van der Waals surface area (Å²) in [5.74, 6) is 2.63. The van der Waals surface area contributed by atoms with Gasteiger partial charge in [0.15, 0.2) is 6.29 Å². The molecule has 0 saturated carbocycles. The minimum atomic E-state index is -0.148. The van der Waals surface area contributed by atoms with Gasteiger partial charge in [-0.2, -0.15) is 4.98 Å². The predicted octanol–water partition coefficient (Wildman–Crippen LogP) is 4.09. The second-order valence-electron chi connectivity index (χ2n) is 6.07. The fraction of sp³-hybridized carbons (Fsp3) is 0.158. The monoisotopic (exact) mass is 367 g/mol. The van der Waals surface area contributed by atoms with E-state index in [1.54, 1.807) is 18.0 Å². The minimum Gasteiger partial charge on any atom is -0.468 e. The van der Waals surface area contributed by atoms with E-state index in [0.29, 0.717) is 34.9 Å². The summed E-state index contributed by atoms with van der Waals surface area (Å²) < 4.78 is 11.4. The van der Waals surface area contributed by atoms with Crippen LogP contribution >= 0.6 is 11.8 Å². The van der Waals surface area contributed by atoms with E-state index in [2.05, 4.69) is 11.1 Å². The van der Waals surface area contributed by atoms with E-state index in [1.807, 2.05) is 31.2 Å². The number of hydrogen-bond acceptors (Lipinski definition) is 7. The first-order valence-electron chi connectivity index (χ1n) is 8.05. The number of anilines is 2. The van der Waals surface area contributed by atoms with Crippen LogP contribution in [0.5, 0.6) is 11.6 Å². The molecule has 132 valence electrons. The van der Waals surface area contributed by atoms with Crippen LogP contribution in [-0.4, -0.2) is 11.3 Å². The zero-order valence-corrected chi connectivity index (χ0v) is 14.9. The van der Waals surface area contributed by atoms with Crippen molar-refractivity contribution in [3.63, 3.8) is 0 Å². The molecule has 3 aromatic rings. The van der Waals surface area contributed by atoms with E-state index in [4.69, 9.17) is 20.6 Å². The molecule has 3 heterocycles. The summed E-state index contributed by atoms with van der Waals surface area (Å²) in [5, 5.41) is -0.148. The van der Waals surface area contributed by atoms with E-state index < -0.39 is 0 Å². The molecule has 6 nitrogen and oxygen atoms in total.